The van der Waals surface area contributed by atoms with Crippen molar-refractivity contribution < 1.29 is 4.74 Å². The van der Waals surface area contributed by atoms with Crippen LogP contribution in [0.4, 0.5) is 0 Å². The number of piperazine rings is 1. The number of nitrogens with zero attached hydrogens (tertiary/aromatic N) is 1. The van der Waals surface area contributed by atoms with Gasteiger partial charge >= 0.3 is 0 Å². The highest BCUT2D eigenvalue weighted by molar-refractivity contribution is 5.27. The first-order valence-electron chi connectivity index (χ1n) is 7.54. The zero-order valence-electron chi connectivity index (χ0n) is 13.4. The summed E-state index contributed by atoms with van der Waals surface area (Å²) < 4.78 is 5.23. The highest BCUT2D eigenvalue weighted by atomic mass is 16.5. The Bertz CT molecular complexity index is 425. The van der Waals surface area contributed by atoms with Gasteiger partial charge in [0, 0.05) is 31.2 Å². The van der Waals surface area contributed by atoms with Gasteiger partial charge in [-0.2, -0.15) is 0 Å². The van der Waals surface area contributed by atoms with E-state index in [4.69, 9.17) is 4.74 Å². The molecule has 2 rings (SSSR count). The summed E-state index contributed by atoms with van der Waals surface area (Å²) in [4.78, 5) is 2.59. The summed E-state index contributed by atoms with van der Waals surface area (Å²) >= 11 is 0. The van der Waals surface area contributed by atoms with Crippen LogP contribution < -0.4 is 10.1 Å². The van der Waals surface area contributed by atoms with E-state index in [0.29, 0.717) is 12.0 Å². The van der Waals surface area contributed by atoms with Crippen LogP contribution in [0.5, 0.6) is 5.75 Å². The fraction of sp³-hybridized carbons (Fsp3) is 0.647. The van der Waals surface area contributed by atoms with Crippen LogP contribution in [0.25, 0.3) is 0 Å². The lowest BCUT2D eigenvalue weighted by Gasteiger charge is -2.47. The highest BCUT2D eigenvalue weighted by Crippen LogP contribution is 2.24. The molecule has 3 heteroatoms. The predicted octanol–water partition coefficient (Wildman–Crippen LogP) is 2.90. The van der Waals surface area contributed by atoms with Gasteiger partial charge in [-0.1, -0.05) is 26.0 Å². The molecule has 1 aliphatic heterocycles. The Morgan fingerprint density at radius 3 is 2.50 bits per heavy atom. The summed E-state index contributed by atoms with van der Waals surface area (Å²) in [6.45, 7) is 12.4. The van der Waals surface area contributed by atoms with E-state index in [1.54, 1.807) is 7.11 Å². The zero-order valence-corrected chi connectivity index (χ0v) is 13.4. The van der Waals surface area contributed by atoms with E-state index in [0.717, 1.165) is 25.4 Å². The van der Waals surface area contributed by atoms with Crippen molar-refractivity contribution in [1.29, 1.82) is 0 Å². The van der Waals surface area contributed by atoms with Crippen LogP contribution in [0.15, 0.2) is 24.3 Å². The lowest BCUT2D eigenvalue weighted by molar-refractivity contribution is 0.0474. The van der Waals surface area contributed by atoms with Crippen molar-refractivity contribution >= 4 is 0 Å². The summed E-state index contributed by atoms with van der Waals surface area (Å²) in [6.07, 6.45) is 0. The second-order valence-electron chi connectivity index (χ2n) is 6.77. The first-order chi connectivity index (χ1) is 9.42. The van der Waals surface area contributed by atoms with Crippen molar-refractivity contribution in [3.63, 3.8) is 0 Å². The van der Waals surface area contributed by atoms with Crippen LogP contribution in [0.3, 0.4) is 0 Å². The molecule has 0 radical (unpaired) electrons. The maximum atomic E-state index is 5.23. The van der Waals surface area contributed by atoms with E-state index >= 15 is 0 Å². The molecular formula is C17H28N2O. The second kappa shape index (κ2) is 6.15. The van der Waals surface area contributed by atoms with Crippen molar-refractivity contribution in [2.45, 2.75) is 45.8 Å². The fourth-order valence-corrected chi connectivity index (χ4v) is 2.72. The van der Waals surface area contributed by atoms with Gasteiger partial charge in [-0.25, -0.2) is 0 Å². The molecule has 1 aliphatic rings. The lowest BCUT2D eigenvalue weighted by Crippen LogP contribution is -2.62. The average Bonchev–Trinajstić information content (AvgIpc) is 2.41. The highest BCUT2D eigenvalue weighted by Gasteiger charge is 2.34. The van der Waals surface area contributed by atoms with Crippen molar-refractivity contribution in [2.75, 3.05) is 20.2 Å². The third kappa shape index (κ3) is 3.53. The number of rotatable bonds is 4. The van der Waals surface area contributed by atoms with Crippen LogP contribution >= 0.6 is 0 Å². The van der Waals surface area contributed by atoms with Gasteiger partial charge in [-0.3, -0.25) is 4.90 Å². The van der Waals surface area contributed by atoms with Crippen molar-refractivity contribution in [3.8, 4) is 5.75 Å². The summed E-state index contributed by atoms with van der Waals surface area (Å²) in [5.41, 5.74) is 1.55. The van der Waals surface area contributed by atoms with E-state index in [1.807, 2.05) is 12.1 Å². The normalized spacial score (nSPS) is 23.0. The number of hydrogen-bond acceptors (Lipinski definition) is 3. The third-order valence-corrected chi connectivity index (χ3v) is 4.41. The minimum absolute atomic E-state index is 0.200. The van der Waals surface area contributed by atoms with Gasteiger partial charge in [0.15, 0.2) is 0 Å². The molecule has 1 heterocycles. The average molecular weight is 276 g/mol. The molecule has 112 valence electrons. The Morgan fingerprint density at radius 2 is 1.95 bits per heavy atom. The first kappa shape index (κ1) is 15.3. The Kier molecular flexibility index (Phi) is 4.71. The van der Waals surface area contributed by atoms with E-state index in [9.17, 15) is 0 Å². The Hall–Kier alpha value is -1.06. The molecular weight excluding hydrogens is 248 g/mol. The van der Waals surface area contributed by atoms with Crippen molar-refractivity contribution in [1.82, 2.24) is 10.2 Å². The Balaban J connectivity index is 2.07. The predicted molar refractivity (Wildman–Crippen MR) is 84.1 cm³/mol. The van der Waals surface area contributed by atoms with Gasteiger partial charge in [0.25, 0.3) is 0 Å². The quantitative estimate of drug-likeness (QED) is 0.915. The molecule has 20 heavy (non-hydrogen) atoms. The maximum absolute atomic E-state index is 5.23. The molecule has 1 saturated heterocycles. The number of benzene rings is 1. The van der Waals surface area contributed by atoms with E-state index in [2.05, 4.69) is 50.0 Å². The van der Waals surface area contributed by atoms with E-state index < -0.39 is 0 Å². The molecule has 0 amide bonds. The smallest absolute Gasteiger partial charge is 0.118 e. The molecule has 0 saturated carbocycles. The van der Waals surface area contributed by atoms with Gasteiger partial charge in [-0.05, 0) is 37.5 Å². The number of nitrogens with one attached hydrogen (secondary N) is 1. The molecule has 0 aliphatic carbocycles. The number of ether oxygens (including phenoxy) is 1. The van der Waals surface area contributed by atoms with E-state index in [1.165, 1.54) is 5.56 Å². The van der Waals surface area contributed by atoms with Gasteiger partial charge in [0.2, 0.25) is 0 Å². The van der Waals surface area contributed by atoms with Crippen LogP contribution in [-0.2, 0) is 6.54 Å². The van der Waals surface area contributed by atoms with Crippen LogP contribution in [0.2, 0.25) is 0 Å². The Morgan fingerprint density at radius 1 is 1.30 bits per heavy atom. The summed E-state index contributed by atoms with van der Waals surface area (Å²) in [6, 6.07) is 9.01. The zero-order chi connectivity index (χ0) is 14.8. The van der Waals surface area contributed by atoms with E-state index in [-0.39, 0.29) is 5.54 Å². The van der Waals surface area contributed by atoms with Crippen molar-refractivity contribution in [3.05, 3.63) is 29.8 Å². The molecule has 0 aromatic heterocycles. The molecule has 1 aromatic rings. The molecule has 1 fully saturated rings. The second-order valence-corrected chi connectivity index (χ2v) is 6.77. The van der Waals surface area contributed by atoms with Gasteiger partial charge < -0.3 is 10.1 Å². The molecule has 3 nitrogen and oxygen atoms in total. The number of methoxy groups -OCH3 is 1. The molecule has 0 bridgehead atoms. The van der Waals surface area contributed by atoms with Crippen LogP contribution in [0, 0.1) is 5.92 Å². The standard InChI is InChI=1S/C17H28N2O/c1-13(2)16-11-19(17(3,4)12-18-16)10-14-6-8-15(20-5)9-7-14/h6-9,13,16,18H,10-12H2,1-5H3. The van der Waals surface area contributed by atoms with Crippen LogP contribution in [-0.4, -0.2) is 36.7 Å². The third-order valence-electron chi connectivity index (χ3n) is 4.41. The number of hydrogen-bond donors (Lipinski definition) is 1. The molecule has 1 aromatic carbocycles. The molecule has 1 N–H and O–H groups in total. The van der Waals surface area contributed by atoms with Crippen LogP contribution in [0.1, 0.15) is 33.3 Å². The van der Waals surface area contributed by atoms with Gasteiger partial charge in [-0.15, -0.1) is 0 Å². The Labute approximate surface area is 123 Å². The van der Waals surface area contributed by atoms with Gasteiger partial charge in [0.1, 0.15) is 5.75 Å². The van der Waals surface area contributed by atoms with Gasteiger partial charge in [0.05, 0.1) is 7.11 Å². The SMILES string of the molecule is COc1ccc(CN2CC(C(C)C)NCC2(C)C)cc1. The summed E-state index contributed by atoms with van der Waals surface area (Å²) in [5.74, 6) is 1.60. The lowest BCUT2D eigenvalue weighted by atomic mass is 9.92. The first-order valence-corrected chi connectivity index (χ1v) is 7.54. The fourth-order valence-electron chi connectivity index (χ4n) is 2.72. The van der Waals surface area contributed by atoms with Crippen molar-refractivity contribution in [2.24, 2.45) is 5.92 Å². The monoisotopic (exact) mass is 276 g/mol. The minimum Gasteiger partial charge on any atom is -0.497 e. The minimum atomic E-state index is 0.200. The largest absolute Gasteiger partial charge is 0.497 e. The molecule has 0 spiro atoms. The molecule has 1 atom stereocenters. The topological polar surface area (TPSA) is 24.5 Å². The summed E-state index contributed by atoms with van der Waals surface area (Å²) in [7, 11) is 1.71. The molecule has 1 unspecified atom stereocenters. The maximum Gasteiger partial charge on any atom is 0.118 e. The summed E-state index contributed by atoms with van der Waals surface area (Å²) in [5, 5.41) is 3.68.